The van der Waals surface area contributed by atoms with Gasteiger partial charge in [0.05, 0.1) is 5.92 Å². The molecular formula is C17H30O3. The van der Waals surface area contributed by atoms with Crippen molar-refractivity contribution in [2.24, 2.45) is 11.8 Å². The number of carbonyl (C=O) groups is 2. The number of Topliss-reactive ketones (excluding diaryl/α,β-unsaturated/α-hetero) is 1. The van der Waals surface area contributed by atoms with Gasteiger partial charge in [0, 0.05) is 12.3 Å². The van der Waals surface area contributed by atoms with Crippen molar-refractivity contribution in [2.75, 3.05) is 0 Å². The molecule has 0 aliphatic heterocycles. The van der Waals surface area contributed by atoms with Crippen LogP contribution in [0, 0.1) is 11.8 Å². The maximum atomic E-state index is 12.2. The maximum Gasteiger partial charge on any atom is 0.307 e. The van der Waals surface area contributed by atoms with Gasteiger partial charge in [0.1, 0.15) is 5.78 Å². The predicted octanol–water partition coefficient (Wildman–Crippen LogP) is 4.59. The minimum atomic E-state index is -0.775. The molecule has 0 aromatic rings. The van der Waals surface area contributed by atoms with Gasteiger partial charge in [0.15, 0.2) is 0 Å². The fourth-order valence-electron chi connectivity index (χ4n) is 3.25. The summed E-state index contributed by atoms with van der Waals surface area (Å²) in [5.41, 5.74) is 0. The molecule has 20 heavy (non-hydrogen) atoms. The van der Waals surface area contributed by atoms with E-state index in [0.29, 0.717) is 12.8 Å². The second-order valence-corrected chi connectivity index (χ2v) is 6.17. The Morgan fingerprint density at radius 3 is 2.05 bits per heavy atom. The van der Waals surface area contributed by atoms with E-state index in [2.05, 4.69) is 6.92 Å². The van der Waals surface area contributed by atoms with Crippen molar-refractivity contribution in [3.8, 4) is 0 Å². The van der Waals surface area contributed by atoms with Crippen LogP contribution in [0.5, 0.6) is 0 Å². The van der Waals surface area contributed by atoms with Crippen LogP contribution in [-0.2, 0) is 9.59 Å². The molecule has 0 aromatic carbocycles. The van der Waals surface area contributed by atoms with Gasteiger partial charge in [-0.05, 0) is 19.3 Å². The number of carboxylic acids is 1. The first-order chi connectivity index (χ1) is 9.66. The molecule has 1 aliphatic carbocycles. The van der Waals surface area contributed by atoms with E-state index in [-0.39, 0.29) is 11.7 Å². The topological polar surface area (TPSA) is 54.4 Å². The molecule has 1 N–H and O–H groups in total. The van der Waals surface area contributed by atoms with E-state index < -0.39 is 11.9 Å². The summed E-state index contributed by atoms with van der Waals surface area (Å²) in [7, 11) is 0. The van der Waals surface area contributed by atoms with Crippen LogP contribution in [0.25, 0.3) is 0 Å². The van der Waals surface area contributed by atoms with Crippen molar-refractivity contribution >= 4 is 11.8 Å². The smallest absolute Gasteiger partial charge is 0.307 e. The third-order valence-corrected chi connectivity index (χ3v) is 4.52. The first-order valence-corrected chi connectivity index (χ1v) is 8.42. The van der Waals surface area contributed by atoms with Crippen LogP contribution >= 0.6 is 0 Å². The van der Waals surface area contributed by atoms with E-state index in [9.17, 15) is 14.7 Å². The number of hydrogen-bond acceptors (Lipinski definition) is 2. The molecular weight excluding hydrogens is 252 g/mol. The average Bonchev–Trinajstić information content (AvgIpc) is 2.46. The van der Waals surface area contributed by atoms with Crippen LogP contribution in [0.15, 0.2) is 0 Å². The van der Waals surface area contributed by atoms with E-state index >= 15 is 0 Å². The number of rotatable bonds is 10. The molecule has 2 atom stereocenters. The number of aliphatic carboxylic acids is 1. The van der Waals surface area contributed by atoms with Crippen molar-refractivity contribution in [3.05, 3.63) is 0 Å². The Kier molecular flexibility index (Phi) is 8.56. The summed E-state index contributed by atoms with van der Waals surface area (Å²) >= 11 is 0. The SMILES string of the molecule is CCCCCCCCCC(=O)[C@H]1CCCC[C@@H]1C(=O)O. The fourth-order valence-corrected chi connectivity index (χ4v) is 3.25. The van der Waals surface area contributed by atoms with E-state index in [1.807, 2.05) is 0 Å². The van der Waals surface area contributed by atoms with E-state index in [1.165, 1.54) is 32.1 Å². The summed E-state index contributed by atoms with van der Waals surface area (Å²) in [6, 6.07) is 0. The maximum absolute atomic E-state index is 12.2. The Labute approximate surface area is 123 Å². The number of carbonyl (C=O) groups excluding carboxylic acids is 1. The first kappa shape index (κ1) is 17.2. The summed E-state index contributed by atoms with van der Waals surface area (Å²) < 4.78 is 0. The molecule has 0 saturated heterocycles. The average molecular weight is 282 g/mol. The monoisotopic (exact) mass is 282 g/mol. The predicted molar refractivity (Wildman–Crippen MR) is 80.7 cm³/mol. The summed E-state index contributed by atoms with van der Waals surface area (Å²) in [6.45, 7) is 2.21. The highest BCUT2D eigenvalue weighted by Crippen LogP contribution is 2.32. The molecule has 0 spiro atoms. The Balaban J connectivity index is 2.19. The van der Waals surface area contributed by atoms with Crippen molar-refractivity contribution in [1.82, 2.24) is 0 Å². The molecule has 0 heterocycles. The van der Waals surface area contributed by atoms with Gasteiger partial charge in [0.2, 0.25) is 0 Å². The van der Waals surface area contributed by atoms with Gasteiger partial charge in [-0.1, -0.05) is 58.3 Å². The summed E-state index contributed by atoms with van der Waals surface area (Å²) in [5.74, 6) is -1.20. The molecule has 0 bridgehead atoms. The molecule has 116 valence electrons. The fraction of sp³-hybridized carbons (Fsp3) is 0.882. The van der Waals surface area contributed by atoms with E-state index in [1.54, 1.807) is 0 Å². The Morgan fingerprint density at radius 1 is 0.900 bits per heavy atom. The lowest BCUT2D eigenvalue weighted by Crippen LogP contribution is -2.32. The number of ketones is 1. The lowest BCUT2D eigenvalue weighted by atomic mass is 9.76. The lowest BCUT2D eigenvalue weighted by molar-refractivity contribution is -0.148. The summed E-state index contributed by atoms with van der Waals surface area (Å²) in [6.07, 6.45) is 12.4. The molecule has 1 saturated carbocycles. The second kappa shape index (κ2) is 9.95. The standard InChI is InChI=1S/C17H30O3/c1-2-3-4-5-6-7-8-13-16(18)14-11-9-10-12-15(14)17(19)20/h14-15H,2-13H2,1H3,(H,19,20)/t14-,15-/m0/s1. The van der Waals surface area contributed by atoms with Crippen molar-refractivity contribution in [1.29, 1.82) is 0 Å². The summed E-state index contributed by atoms with van der Waals surface area (Å²) in [5, 5.41) is 9.20. The quantitative estimate of drug-likeness (QED) is 0.596. The second-order valence-electron chi connectivity index (χ2n) is 6.17. The number of carboxylic acid groups (broad SMARTS) is 1. The number of hydrogen-bond donors (Lipinski definition) is 1. The third-order valence-electron chi connectivity index (χ3n) is 4.52. The molecule has 0 amide bonds. The van der Waals surface area contributed by atoms with Gasteiger partial charge in [-0.2, -0.15) is 0 Å². The van der Waals surface area contributed by atoms with E-state index in [0.717, 1.165) is 32.1 Å². The molecule has 1 aliphatic rings. The van der Waals surface area contributed by atoms with Gasteiger partial charge in [-0.15, -0.1) is 0 Å². The molecule has 0 aromatic heterocycles. The van der Waals surface area contributed by atoms with Gasteiger partial charge < -0.3 is 5.11 Å². The minimum absolute atomic E-state index is 0.200. The Bertz CT molecular complexity index is 299. The van der Waals surface area contributed by atoms with Gasteiger partial charge >= 0.3 is 5.97 Å². The number of unbranched alkanes of at least 4 members (excludes halogenated alkanes) is 6. The molecule has 1 fully saturated rings. The van der Waals surface area contributed by atoms with Crippen LogP contribution in [0.1, 0.15) is 84.0 Å². The van der Waals surface area contributed by atoms with Crippen molar-refractivity contribution in [2.45, 2.75) is 84.0 Å². The van der Waals surface area contributed by atoms with Crippen LogP contribution in [-0.4, -0.2) is 16.9 Å². The summed E-state index contributed by atoms with van der Waals surface area (Å²) in [4.78, 5) is 23.4. The molecule has 0 radical (unpaired) electrons. The molecule has 0 unspecified atom stereocenters. The molecule has 3 heteroatoms. The zero-order valence-electron chi connectivity index (χ0n) is 12.9. The van der Waals surface area contributed by atoms with Gasteiger partial charge in [0.25, 0.3) is 0 Å². The molecule has 3 nitrogen and oxygen atoms in total. The zero-order valence-corrected chi connectivity index (χ0v) is 12.9. The third kappa shape index (κ3) is 6.06. The highest BCUT2D eigenvalue weighted by Gasteiger charge is 2.34. The lowest BCUT2D eigenvalue weighted by Gasteiger charge is -2.27. The van der Waals surface area contributed by atoms with Gasteiger partial charge in [-0.25, -0.2) is 0 Å². The first-order valence-electron chi connectivity index (χ1n) is 8.42. The van der Waals surface area contributed by atoms with Crippen molar-refractivity contribution < 1.29 is 14.7 Å². The van der Waals surface area contributed by atoms with Crippen LogP contribution in [0.4, 0.5) is 0 Å². The Hall–Kier alpha value is -0.860. The van der Waals surface area contributed by atoms with Gasteiger partial charge in [-0.3, -0.25) is 9.59 Å². The van der Waals surface area contributed by atoms with Crippen molar-refractivity contribution in [3.63, 3.8) is 0 Å². The van der Waals surface area contributed by atoms with E-state index in [4.69, 9.17) is 0 Å². The van der Waals surface area contributed by atoms with Crippen LogP contribution in [0.3, 0.4) is 0 Å². The highest BCUT2D eigenvalue weighted by atomic mass is 16.4. The Morgan fingerprint density at radius 2 is 1.45 bits per heavy atom. The molecule has 1 rings (SSSR count). The van der Waals surface area contributed by atoms with Crippen LogP contribution < -0.4 is 0 Å². The highest BCUT2D eigenvalue weighted by molar-refractivity contribution is 5.86. The largest absolute Gasteiger partial charge is 0.481 e. The minimum Gasteiger partial charge on any atom is -0.481 e. The van der Waals surface area contributed by atoms with Crippen LogP contribution in [0.2, 0.25) is 0 Å². The zero-order chi connectivity index (χ0) is 14.8. The normalized spacial score (nSPS) is 22.6.